The molecule has 2 heterocycles. The summed E-state index contributed by atoms with van der Waals surface area (Å²) in [6.45, 7) is 2.79. The van der Waals surface area contributed by atoms with Crippen LogP contribution in [0.3, 0.4) is 0 Å². The Morgan fingerprint density at radius 2 is 2.07 bits per heavy atom. The van der Waals surface area contributed by atoms with E-state index in [0.29, 0.717) is 28.1 Å². The first-order valence-corrected chi connectivity index (χ1v) is 9.97. The summed E-state index contributed by atoms with van der Waals surface area (Å²) in [7, 11) is 0. The van der Waals surface area contributed by atoms with E-state index >= 15 is 0 Å². The molecule has 0 spiro atoms. The van der Waals surface area contributed by atoms with Crippen LogP contribution in [0.15, 0.2) is 65.3 Å². The monoisotopic (exact) mass is 412 g/mol. The average molecular weight is 413 g/mol. The number of nitrogens with zero attached hydrogens (tertiary/aromatic N) is 2. The number of hydrogen-bond acceptors (Lipinski definition) is 5. The van der Waals surface area contributed by atoms with Crippen molar-refractivity contribution in [3.05, 3.63) is 77.2 Å². The molecule has 4 rings (SSSR count). The summed E-state index contributed by atoms with van der Waals surface area (Å²) in [5.41, 5.74) is 1.23. The van der Waals surface area contributed by atoms with E-state index in [0.717, 1.165) is 16.0 Å². The van der Waals surface area contributed by atoms with Gasteiger partial charge in [-0.15, -0.1) is 0 Å². The molecule has 7 heteroatoms. The largest absolute Gasteiger partial charge is 0.494 e. The first-order valence-electron chi connectivity index (χ1n) is 8.78. The van der Waals surface area contributed by atoms with Gasteiger partial charge in [0.2, 0.25) is 0 Å². The van der Waals surface area contributed by atoms with Gasteiger partial charge in [-0.2, -0.15) is 0 Å². The van der Waals surface area contributed by atoms with E-state index in [4.69, 9.17) is 20.8 Å². The molecular formula is C21H17ClN2O3S. The van der Waals surface area contributed by atoms with Gasteiger partial charge < -0.3 is 9.15 Å². The SMILES string of the molecule is CCOc1ccc2nc(N(Cc3ccco3)C(=O)c3ccccc3Cl)sc2c1. The molecule has 5 nitrogen and oxygen atoms in total. The number of rotatable bonds is 6. The highest BCUT2D eigenvalue weighted by atomic mass is 35.5. The molecule has 0 aliphatic carbocycles. The van der Waals surface area contributed by atoms with Crippen molar-refractivity contribution < 1.29 is 13.9 Å². The lowest BCUT2D eigenvalue weighted by Crippen LogP contribution is -2.30. The Balaban J connectivity index is 1.75. The van der Waals surface area contributed by atoms with Crippen LogP contribution in [0.2, 0.25) is 5.02 Å². The van der Waals surface area contributed by atoms with E-state index < -0.39 is 0 Å². The number of ether oxygens (including phenoxy) is 1. The molecule has 1 amide bonds. The van der Waals surface area contributed by atoms with E-state index in [-0.39, 0.29) is 12.5 Å². The molecule has 0 saturated carbocycles. The van der Waals surface area contributed by atoms with Crippen LogP contribution in [-0.2, 0) is 6.54 Å². The van der Waals surface area contributed by atoms with Gasteiger partial charge in [-0.3, -0.25) is 9.69 Å². The Labute approximate surface area is 171 Å². The van der Waals surface area contributed by atoms with Crippen molar-refractivity contribution in [1.29, 1.82) is 0 Å². The van der Waals surface area contributed by atoms with Crippen molar-refractivity contribution in [3.8, 4) is 5.75 Å². The van der Waals surface area contributed by atoms with Crippen molar-refractivity contribution in [1.82, 2.24) is 4.98 Å². The minimum Gasteiger partial charge on any atom is -0.494 e. The molecule has 0 unspecified atom stereocenters. The summed E-state index contributed by atoms with van der Waals surface area (Å²) in [4.78, 5) is 19.5. The molecule has 2 aromatic heterocycles. The van der Waals surface area contributed by atoms with Crippen molar-refractivity contribution in [2.24, 2.45) is 0 Å². The van der Waals surface area contributed by atoms with Crippen LogP contribution in [0, 0.1) is 0 Å². The third-order valence-electron chi connectivity index (χ3n) is 4.13. The van der Waals surface area contributed by atoms with Crippen LogP contribution in [0.5, 0.6) is 5.75 Å². The van der Waals surface area contributed by atoms with Gasteiger partial charge in [0.1, 0.15) is 11.5 Å². The van der Waals surface area contributed by atoms with Gasteiger partial charge >= 0.3 is 0 Å². The predicted octanol–water partition coefficient (Wildman–Crippen LogP) is 5.79. The maximum Gasteiger partial charge on any atom is 0.262 e. The van der Waals surface area contributed by atoms with Crippen molar-refractivity contribution in [2.75, 3.05) is 11.5 Å². The van der Waals surface area contributed by atoms with Gasteiger partial charge in [-0.25, -0.2) is 4.98 Å². The minimum absolute atomic E-state index is 0.230. The number of furan rings is 1. The fourth-order valence-electron chi connectivity index (χ4n) is 2.83. The van der Waals surface area contributed by atoms with Gasteiger partial charge in [0.05, 0.1) is 40.2 Å². The summed E-state index contributed by atoms with van der Waals surface area (Å²) in [5.74, 6) is 1.21. The molecule has 0 atom stereocenters. The molecule has 4 aromatic rings. The molecule has 0 saturated heterocycles. The summed E-state index contributed by atoms with van der Waals surface area (Å²) < 4.78 is 12.0. The number of fused-ring (bicyclic) bond motifs is 1. The van der Waals surface area contributed by atoms with Crippen molar-refractivity contribution >= 4 is 44.2 Å². The summed E-state index contributed by atoms with van der Waals surface area (Å²) in [6, 6.07) is 16.3. The van der Waals surface area contributed by atoms with E-state index in [1.54, 1.807) is 41.5 Å². The van der Waals surface area contributed by atoms with Crippen LogP contribution < -0.4 is 9.64 Å². The van der Waals surface area contributed by atoms with Crippen molar-refractivity contribution in [3.63, 3.8) is 0 Å². The topological polar surface area (TPSA) is 55.6 Å². The number of hydrogen-bond donors (Lipinski definition) is 0. The summed E-state index contributed by atoms with van der Waals surface area (Å²) >= 11 is 7.69. The zero-order valence-electron chi connectivity index (χ0n) is 15.1. The standard InChI is InChI=1S/C21H17ClN2O3S/c1-2-26-14-9-10-18-19(12-14)28-21(23-18)24(13-15-6-5-11-27-15)20(25)16-7-3-4-8-17(16)22/h3-12H,2,13H2,1H3. The van der Waals surface area contributed by atoms with Crippen LogP contribution >= 0.6 is 22.9 Å². The smallest absolute Gasteiger partial charge is 0.262 e. The van der Waals surface area contributed by atoms with E-state index in [1.165, 1.54) is 11.3 Å². The number of thiazole rings is 1. The normalized spacial score (nSPS) is 10.9. The zero-order valence-corrected chi connectivity index (χ0v) is 16.7. The van der Waals surface area contributed by atoms with Crippen molar-refractivity contribution in [2.45, 2.75) is 13.5 Å². The maximum atomic E-state index is 13.3. The number of amides is 1. The highest BCUT2D eigenvalue weighted by molar-refractivity contribution is 7.22. The number of benzene rings is 2. The Morgan fingerprint density at radius 1 is 1.21 bits per heavy atom. The number of halogens is 1. The van der Waals surface area contributed by atoms with Crippen LogP contribution in [-0.4, -0.2) is 17.5 Å². The average Bonchev–Trinajstić information content (AvgIpc) is 3.35. The van der Waals surface area contributed by atoms with E-state index in [2.05, 4.69) is 4.98 Å². The van der Waals surface area contributed by atoms with E-state index in [9.17, 15) is 4.79 Å². The highest BCUT2D eigenvalue weighted by Gasteiger charge is 2.24. The lowest BCUT2D eigenvalue weighted by Gasteiger charge is -2.19. The molecule has 0 bridgehead atoms. The molecule has 0 aliphatic heterocycles. The summed E-state index contributed by atoms with van der Waals surface area (Å²) in [5, 5.41) is 0.974. The Morgan fingerprint density at radius 3 is 2.82 bits per heavy atom. The van der Waals surface area contributed by atoms with Gasteiger partial charge in [0, 0.05) is 0 Å². The number of aromatic nitrogens is 1. The molecule has 2 aromatic carbocycles. The zero-order chi connectivity index (χ0) is 19.5. The minimum atomic E-state index is -0.230. The second-order valence-electron chi connectivity index (χ2n) is 6.01. The fourth-order valence-corrected chi connectivity index (χ4v) is 4.04. The lowest BCUT2D eigenvalue weighted by atomic mass is 10.2. The molecular weight excluding hydrogens is 396 g/mol. The fraction of sp³-hybridized carbons (Fsp3) is 0.143. The second-order valence-corrected chi connectivity index (χ2v) is 7.43. The molecule has 0 aliphatic rings. The third-order valence-corrected chi connectivity index (χ3v) is 5.50. The first-order chi connectivity index (χ1) is 13.7. The van der Waals surface area contributed by atoms with Crippen LogP contribution in [0.25, 0.3) is 10.2 Å². The highest BCUT2D eigenvalue weighted by Crippen LogP contribution is 2.33. The summed E-state index contributed by atoms with van der Waals surface area (Å²) in [6.07, 6.45) is 1.58. The molecule has 0 N–H and O–H groups in total. The van der Waals surface area contributed by atoms with Gasteiger partial charge in [-0.05, 0) is 49.4 Å². The Kier molecular flexibility index (Phi) is 5.32. The first kappa shape index (κ1) is 18.5. The third kappa shape index (κ3) is 3.74. The quantitative estimate of drug-likeness (QED) is 0.402. The lowest BCUT2D eigenvalue weighted by molar-refractivity contribution is 0.0983. The second kappa shape index (κ2) is 8.04. The molecule has 142 valence electrons. The number of carbonyl (C=O) groups is 1. The molecule has 28 heavy (non-hydrogen) atoms. The van der Waals surface area contributed by atoms with Gasteiger partial charge in [-0.1, -0.05) is 35.1 Å². The maximum absolute atomic E-state index is 13.3. The van der Waals surface area contributed by atoms with Crippen LogP contribution in [0.1, 0.15) is 23.0 Å². The van der Waals surface area contributed by atoms with E-state index in [1.807, 2.05) is 31.2 Å². The van der Waals surface area contributed by atoms with Gasteiger partial charge in [0.15, 0.2) is 5.13 Å². The molecule has 0 fully saturated rings. The Hall–Kier alpha value is -2.83. The predicted molar refractivity (Wildman–Crippen MR) is 111 cm³/mol. The number of anilines is 1. The van der Waals surface area contributed by atoms with Gasteiger partial charge in [0.25, 0.3) is 5.91 Å². The van der Waals surface area contributed by atoms with Crippen LogP contribution in [0.4, 0.5) is 5.13 Å². The number of carbonyl (C=O) groups excluding carboxylic acids is 1. The Bertz CT molecular complexity index is 1110. The molecule has 0 radical (unpaired) electrons.